The molecule has 8 heteroatoms. The first-order valence-corrected chi connectivity index (χ1v) is 7.39. The van der Waals surface area contributed by atoms with Crippen LogP contribution >= 0.6 is 0 Å². The summed E-state index contributed by atoms with van der Waals surface area (Å²) in [6, 6.07) is 8.83. The van der Waals surface area contributed by atoms with Crippen molar-refractivity contribution in [1.29, 1.82) is 0 Å². The molecular formula is C16H21N3O5. The Kier molecular flexibility index (Phi) is 6.16. The highest BCUT2D eigenvalue weighted by Gasteiger charge is 2.18. The van der Waals surface area contributed by atoms with Gasteiger partial charge < -0.3 is 24.6 Å². The lowest BCUT2D eigenvalue weighted by molar-refractivity contribution is 0.0516. The van der Waals surface area contributed by atoms with Gasteiger partial charge in [0.2, 0.25) is 0 Å². The van der Waals surface area contributed by atoms with Gasteiger partial charge in [-0.1, -0.05) is 12.1 Å². The van der Waals surface area contributed by atoms with Crippen molar-refractivity contribution in [2.24, 2.45) is 0 Å². The quantitative estimate of drug-likeness (QED) is 0.645. The van der Waals surface area contributed by atoms with E-state index in [4.69, 9.17) is 14.6 Å². The molecular weight excluding hydrogens is 314 g/mol. The van der Waals surface area contributed by atoms with E-state index in [0.717, 1.165) is 0 Å². The van der Waals surface area contributed by atoms with Crippen molar-refractivity contribution >= 4 is 5.91 Å². The minimum absolute atomic E-state index is 0.0231. The van der Waals surface area contributed by atoms with E-state index in [9.17, 15) is 9.90 Å². The maximum Gasteiger partial charge on any atom is 0.274 e. The van der Waals surface area contributed by atoms with Gasteiger partial charge >= 0.3 is 0 Å². The van der Waals surface area contributed by atoms with Crippen LogP contribution < -0.4 is 9.47 Å². The number of H-pyrrole nitrogens is 1. The maximum atomic E-state index is 12.2. The van der Waals surface area contributed by atoms with Gasteiger partial charge in [-0.15, -0.1) is 0 Å². The highest BCUT2D eigenvalue weighted by Crippen LogP contribution is 2.26. The molecule has 0 aliphatic heterocycles. The van der Waals surface area contributed by atoms with E-state index < -0.39 is 12.7 Å². The van der Waals surface area contributed by atoms with Gasteiger partial charge in [-0.05, 0) is 18.2 Å². The standard InChI is InChI=1S/C16H21N3O5/c1-19(8-12(21)9-20)16(22)13-7-11(17-18-13)10-24-15-6-4-3-5-14(15)23-2/h3-7,12,20-21H,8-10H2,1-2H3,(H,17,18). The molecule has 0 saturated heterocycles. The predicted octanol–water partition coefficient (Wildman–Crippen LogP) is 0.423. The van der Waals surface area contributed by atoms with Gasteiger partial charge in [0.15, 0.2) is 17.2 Å². The fraction of sp³-hybridized carbons (Fsp3) is 0.375. The molecule has 1 unspecified atom stereocenters. The second-order valence-corrected chi connectivity index (χ2v) is 5.24. The Labute approximate surface area is 139 Å². The summed E-state index contributed by atoms with van der Waals surface area (Å²) >= 11 is 0. The number of carbonyl (C=O) groups excluding carboxylic acids is 1. The van der Waals surface area contributed by atoms with Gasteiger partial charge in [-0.3, -0.25) is 9.89 Å². The zero-order valence-corrected chi connectivity index (χ0v) is 13.6. The first kappa shape index (κ1) is 17.8. The lowest BCUT2D eigenvalue weighted by atomic mass is 10.3. The average molecular weight is 335 g/mol. The van der Waals surface area contributed by atoms with Crippen LogP contribution in [0.5, 0.6) is 11.5 Å². The Hall–Kier alpha value is -2.58. The number of aromatic amines is 1. The number of ether oxygens (including phenoxy) is 2. The normalized spacial score (nSPS) is 11.8. The molecule has 1 atom stereocenters. The minimum atomic E-state index is -0.980. The number of para-hydroxylation sites is 2. The van der Waals surface area contributed by atoms with E-state index in [0.29, 0.717) is 17.2 Å². The molecule has 1 amide bonds. The number of hydrogen-bond donors (Lipinski definition) is 3. The summed E-state index contributed by atoms with van der Waals surface area (Å²) in [6.45, 7) is -0.185. The van der Waals surface area contributed by atoms with Gasteiger partial charge in [-0.2, -0.15) is 5.10 Å². The molecule has 2 rings (SSSR count). The molecule has 0 radical (unpaired) electrons. The summed E-state index contributed by atoms with van der Waals surface area (Å²) in [4.78, 5) is 13.5. The van der Waals surface area contributed by atoms with Gasteiger partial charge in [-0.25, -0.2) is 0 Å². The Morgan fingerprint density at radius 3 is 2.75 bits per heavy atom. The van der Waals surface area contributed by atoms with Crippen LogP contribution in [0, 0.1) is 0 Å². The number of nitrogens with one attached hydrogen (secondary N) is 1. The summed E-state index contributed by atoms with van der Waals surface area (Å²) in [5.41, 5.74) is 0.835. The summed E-state index contributed by atoms with van der Waals surface area (Å²) in [5, 5.41) is 24.9. The van der Waals surface area contributed by atoms with Crippen molar-refractivity contribution in [1.82, 2.24) is 15.1 Å². The number of aromatic nitrogens is 2. The van der Waals surface area contributed by atoms with Crippen molar-refractivity contribution in [3.05, 3.63) is 41.7 Å². The molecule has 1 heterocycles. The second kappa shape index (κ2) is 8.32. The topological polar surface area (TPSA) is 108 Å². The molecule has 2 aromatic rings. The molecule has 0 fully saturated rings. The third kappa shape index (κ3) is 4.46. The zero-order chi connectivity index (χ0) is 17.5. The highest BCUT2D eigenvalue weighted by atomic mass is 16.5. The highest BCUT2D eigenvalue weighted by molar-refractivity contribution is 5.92. The van der Waals surface area contributed by atoms with Crippen molar-refractivity contribution in [3.63, 3.8) is 0 Å². The van der Waals surface area contributed by atoms with Gasteiger partial charge in [0, 0.05) is 13.6 Å². The van der Waals surface area contributed by atoms with Gasteiger partial charge in [0.05, 0.1) is 25.5 Å². The van der Waals surface area contributed by atoms with Crippen LogP contribution in [0.15, 0.2) is 30.3 Å². The van der Waals surface area contributed by atoms with E-state index >= 15 is 0 Å². The SMILES string of the molecule is COc1ccccc1OCc1cc(C(=O)N(C)CC(O)CO)n[nH]1. The maximum absolute atomic E-state index is 12.2. The number of methoxy groups -OCH3 is 1. The predicted molar refractivity (Wildman–Crippen MR) is 86.0 cm³/mol. The van der Waals surface area contributed by atoms with E-state index in [2.05, 4.69) is 10.2 Å². The van der Waals surface area contributed by atoms with E-state index in [-0.39, 0.29) is 24.8 Å². The van der Waals surface area contributed by atoms with Crippen LogP contribution in [0.1, 0.15) is 16.2 Å². The lowest BCUT2D eigenvalue weighted by Crippen LogP contribution is -2.36. The van der Waals surface area contributed by atoms with Crippen LogP contribution in [-0.4, -0.2) is 64.6 Å². The molecule has 0 bridgehead atoms. The number of aliphatic hydroxyl groups excluding tert-OH is 2. The molecule has 1 aromatic carbocycles. The molecule has 0 aliphatic rings. The first-order chi connectivity index (χ1) is 11.5. The Morgan fingerprint density at radius 1 is 1.38 bits per heavy atom. The molecule has 24 heavy (non-hydrogen) atoms. The summed E-state index contributed by atoms with van der Waals surface area (Å²) in [5.74, 6) is 0.846. The van der Waals surface area contributed by atoms with E-state index in [1.165, 1.54) is 11.9 Å². The van der Waals surface area contributed by atoms with Crippen molar-refractivity contribution in [2.45, 2.75) is 12.7 Å². The number of carbonyl (C=O) groups is 1. The number of likely N-dealkylation sites (N-methyl/N-ethyl adjacent to an activating group) is 1. The largest absolute Gasteiger partial charge is 0.493 e. The van der Waals surface area contributed by atoms with Crippen molar-refractivity contribution in [2.75, 3.05) is 27.3 Å². The molecule has 0 saturated carbocycles. The number of benzene rings is 1. The number of amides is 1. The third-order valence-electron chi connectivity index (χ3n) is 3.34. The minimum Gasteiger partial charge on any atom is -0.493 e. The average Bonchev–Trinajstić information content (AvgIpc) is 3.08. The van der Waals surface area contributed by atoms with Crippen LogP contribution in [0.25, 0.3) is 0 Å². The Bertz CT molecular complexity index is 673. The molecule has 0 aliphatic carbocycles. The summed E-state index contributed by atoms with van der Waals surface area (Å²) in [6.07, 6.45) is -0.980. The summed E-state index contributed by atoms with van der Waals surface area (Å²) in [7, 11) is 3.09. The van der Waals surface area contributed by atoms with Crippen molar-refractivity contribution in [3.8, 4) is 11.5 Å². The zero-order valence-electron chi connectivity index (χ0n) is 13.6. The van der Waals surface area contributed by atoms with Crippen LogP contribution in [0.3, 0.4) is 0 Å². The smallest absolute Gasteiger partial charge is 0.274 e. The fourth-order valence-electron chi connectivity index (χ4n) is 2.09. The fourth-order valence-corrected chi connectivity index (χ4v) is 2.09. The molecule has 8 nitrogen and oxygen atoms in total. The van der Waals surface area contributed by atoms with Crippen LogP contribution in [0.2, 0.25) is 0 Å². The summed E-state index contributed by atoms with van der Waals surface area (Å²) < 4.78 is 10.9. The number of hydrogen-bond acceptors (Lipinski definition) is 6. The second-order valence-electron chi connectivity index (χ2n) is 5.24. The third-order valence-corrected chi connectivity index (χ3v) is 3.34. The van der Waals surface area contributed by atoms with E-state index in [1.54, 1.807) is 25.3 Å². The number of nitrogens with zero attached hydrogens (tertiary/aromatic N) is 2. The molecule has 130 valence electrons. The molecule has 1 aromatic heterocycles. The van der Waals surface area contributed by atoms with Crippen LogP contribution in [0.4, 0.5) is 0 Å². The number of rotatable bonds is 8. The number of aliphatic hydroxyl groups is 2. The van der Waals surface area contributed by atoms with Gasteiger partial charge in [0.1, 0.15) is 6.61 Å². The molecule has 0 spiro atoms. The van der Waals surface area contributed by atoms with E-state index in [1.807, 2.05) is 12.1 Å². The Morgan fingerprint density at radius 2 is 2.08 bits per heavy atom. The Balaban J connectivity index is 1.96. The van der Waals surface area contributed by atoms with Crippen molar-refractivity contribution < 1.29 is 24.5 Å². The molecule has 3 N–H and O–H groups in total. The van der Waals surface area contributed by atoms with Gasteiger partial charge in [0.25, 0.3) is 5.91 Å². The monoisotopic (exact) mass is 335 g/mol. The van der Waals surface area contributed by atoms with Crippen LogP contribution in [-0.2, 0) is 6.61 Å². The lowest BCUT2D eigenvalue weighted by Gasteiger charge is -2.18. The first-order valence-electron chi connectivity index (χ1n) is 7.39.